The zero-order valence-corrected chi connectivity index (χ0v) is 13.1. The van der Waals surface area contributed by atoms with Gasteiger partial charge in [-0.1, -0.05) is 6.07 Å². The summed E-state index contributed by atoms with van der Waals surface area (Å²) in [6.07, 6.45) is 0. The molecule has 1 rings (SSSR count). The average Bonchev–Trinajstić information content (AvgIpc) is 2.23. The number of aliphatic imine (C=N–C) groups is 1. The lowest BCUT2D eigenvalue weighted by molar-refractivity contribution is 0.508. The fourth-order valence-corrected chi connectivity index (χ4v) is 2.22. The highest BCUT2D eigenvalue weighted by Gasteiger charge is 2.11. The van der Waals surface area contributed by atoms with Gasteiger partial charge in [-0.15, -0.1) is 0 Å². The van der Waals surface area contributed by atoms with Crippen molar-refractivity contribution in [1.29, 1.82) is 0 Å². The molecule has 0 saturated heterocycles. The molecule has 0 atom stereocenters. The highest BCUT2D eigenvalue weighted by atomic mass is 32.2. The molecule has 0 aromatic heterocycles. The average molecular weight is 298 g/mol. The van der Waals surface area contributed by atoms with Crippen molar-refractivity contribution in [1.82, 2.24) is 5.32 Å². The van der Waals surface area contributed by atoms with E-state index in [2.05, 4.69) is 10.3 Å². The molecule has 7 heteroatoms. The Kier molecular flexibility index (Phi) is 4.77. The van der Waals surface area contributed by atoms with Crippen molar-refractivity contribution in [3.05, 3.63) is 29.3 Å². The number of nitrogens with zero attached hydrogens (tertiary/aromatic N) is 1. The van der Waals surface area contributed by atoms with Crippen molar-refractivity contribution in [3.8, 4) is 0 Å². The predicted molar refractivity (Wildman–Crippen MR) is 80.8 cm³/mol. The van der Waals surface area contributed by atoms with Gasteiger partial charge in [0.15, 0.2) is 5.96 Å². The Morgan fingerprint density at radius 2 is 1.95 bits per heavy atom. The summed E-state index contributed by atoms with van der Waals surface area (Å²) in [5.74, 6) is 0.354. The summed E-state index contributed by atoms with van der Waals surface area (Å²) in [5.41, 5.74) is 7.34. The summed E-state index contributed by atoms with van der Waals surface area (Å²) in [4.78, 5) is 4.34. The molecule has 1 aromatic carbocycles. The lowest BCUT2D eigenvalue weighted by Gasteiger charge is -2.21. The topological polar surface area (TPSA) is 111 Å². The van der Waals surface area contributed by atoms with Gasteiger partial charge in [-0.2, -0.15) is 0 Å². The Bertz CT molecular complexity index is 616. The Labute approximate surface area is 120 Å². The van der Waals surface area contributed by atoms with Crippen LogP contribution in [0.2, 0.25) is 0 Å². The zero-order valence-electron chi connectivity index (χ0n) is 12.3. The van der Waals surface area contributed by atoms with Gasteiger partial charge < -0.3 is 11.1 Å². The van der Waals surface area contributed by atoms with Crippen LogP contribution in [-0.2, 0) is 16.6 Å². The summed E-state index contributed by atoms with van der Waals surface area (Å²) >= 11 is 0. The maximum Gasteiger partial charge on any atom is 0.238 e. The molecule has 20 heavy (non-hydrogen) atoms. The highest BCUT2D eigenvalue weighted by molar-refractivity contribution is 7.89. The highest BCUT2D eigenvalue weighted by Crippen LogP contribution is 2.15. The van der Waals surface area contributed by atoms with E-state index in [0.29, 0.717) is 12.5 Å². The molecule has 112 valence electrons. The number of rotatable bonds is 3. The monoisotopic (exact) mass is 298 g/mol. The number of nitrogens with two attached hydrogens (primary N) is 2. The molecule has 0 bridgehead atoms. The van der Waals surface area contributed by atoms with E-state index in [1.807, 2.05) is 27.7 Å². The minimum absolute atomic E-state index is 0.100. The third kappa shape index (κ3) is 5.18. The van der Waals surface area contributed by atoms with E-state index in [4.69, 9.17) is 10.9 Å². The van der Waals surface area contributed by atoms with Crippen LogP contribution in [-0.4, -0.2) is 19.9 Å². The van der Waals surface area contributed by atoms with Gasteiger partial charge in [0.25, 0.3) is 0 Å². The molecule has 5 N–H and O–H groups in total. The number of nitrogens with one attached hydrogen (secondary N) is 1. The van der Waals surface area contributed by atoms with Crippen molar-refractivity contribution in [2.24, 2.45) is 15.9 Å². The van der Waals surface area contributed by atoms with Gasteiger partial charge in [-0.25, -0.2) is 18.5 Å². The van der Waals surface area contributed by atoms with Gasteiger partial charge in [0.05, 0.1) is 11.4 Å². The minimum Gasteiger partial charge on any atom is -0.370 e. The van der Waals surface area contributed by atoms with Crippen LogP contribution in [0.4, 0.5) is 0 Å². The maximum absolute atomic E-state index is 11.2. The van der Waals surface area contributed by atoms with Crippen LogP contribution in [0, 0.1) is 6.92 Å². The van der Waals surface area contributed by atoms with Crippen molar-refractivity contribution < 1.29 is 8.42 Å². The Morgan fingerprint density at radius 1 is 1.35 bits per heavy atom. The van der Waals surface area contributed by atoms with Crippen LogP contribution in [0.5, 0.6) is 0 Å². The summed E-state index contributed by atoms with van der Waals surface area (Å²) in [6.45, 7) is 8.16. The summed E-state index contributed by atoms with van der Waals surface area (Å²) < 4.78 is 22.5. The molecule has 0 aliphatic heterocycles. The van der Waals surface area contributed by atoms with Crippen molar-refractivity contribution >= 4 is 16.0 Å². The van der Waals surface area contributed by atoms with Gasteiger partial charge in [0.2, 0.25) is 10.0 Å². The first-order valence-corrected chi connectivity index (χ1v) is 7.74. The van der Waals surface area contributed by atoms with Gasteiger partial charge in [0.1, 0.15) is 0 Å². The molecule has 0 unspecified atom stereocenters. The van der Waals surface area contributed by atoms with E-state index in [-0.39, 0.29) is 10.4 Å². The smallest absolute Gasteiger partial charge is 0.238 e. The van der Waals surface area contributed by atoms with E-state index in [0.717, 1.165) is 11.1 Å². The van der Waals surface area contributed by atoms with Crippen LogP contribution in [0.1, 0.15) is 31.9 Å². The van der Waals surface area contributed by atoms with E-state index in [9.17, 15) is 8.42 Å². The molecule has 0 radical (unpaired) electrons. The molecule has 0 aliphatic carbocycles. The second kappa shape index (κ2) is 5.80. The fourth-order valence-electron chi connectivity index (χ4n) is 1.62. The SMILES string of the molecule is Cc1cc(S(N)(=O)=O)ccc1CN=C(N)NC(C)(C)C. The van der Waals surface area contributed by atoms with Crippen LogP contribution in [0.15, 0.2) is 28.1 Å². The van der Waals surface area contributed by atoms with Crippen LogP contribution >= 0.6 is 0 Å². The molecule has 0 aliphatic rings. The van der Waals surface area contributed by atoms with Crippen LogP contribution in [0.25, 0.3) is 0 Å². The molecule has 0 spiro atoms. The van der Waals surface area contributed by atoms with Gasteiger partial charge >= 0.3 is 0 Å². The zero-order chi connectivity index (χ0) is 15.6. The molecule has 0 amide bonds. The quantitative estimate of drug-likeness (QED) is 0.567. The van der Waals surface area contributed by atoms with Crippen LogP contribution in [0.3, 0.4) is 0 Å². The summed E-state index contributed by atoms with van der Waals surface area (Å²) in [7, 11) is -3.67. The minimum atomic E-state index is -3.67. The van der Waals surface area contributed by atoms with Crippen molar-refractivity contribution in [3.63, 3.8) is 0 Å². The maximum atomic E-state index is 11.2. The number of aryl methyl sites for hydroxylation is 1. The summed E-state index contributed by atoms with van der Waals surface area (Å²) in [5, 5.41) is 8.14. The van der Waals surface area contributed by atoms with E-state index in [1.54, 1.807) is 6.07 Å². The van der Waals surface area contributed by atoms with E-state index < -0.39 is 10.0 Å². The Balaban J connectivity index is 2.88. The number of sulfonamides is 1. The first-order chi connectivity index (χ1) is 8.99. The lowest BCUT2D eigenvalue weighted by Crippen LogP contribution is -2.44. The van der Waals surface area contributed by atoms with Crippen molar-refractivity contribution in [2.45, 2.75) is 44.7 Å². The number of benzene rings is 1. The first-order valence-electron chi connectivity index (χ1n) is 6.19. The molecule has 0 heterocycles. The third-order valence-electron chi connectivity index (χ3n) is 2.57. The molecule has 1 aromatic rings. The number of guanidine groups is 1. The Morgan fingerprint density at radius 3 is 2.40 bits per heavy atom. The van der Waals surface area contributed by atoms with Crippen LogP contribution < -0.4 is 16.2 Å². The Hall–Kier alpha value is -1.60. The summed E-state index contributed by atoms with van der Waals surface area (Å²) in [6, 6.07) is 4.71. The van der Waals surface area contributed by atoms with Gasteiger partial charge in [0, 0.05) is 5.54 Å². The fraction of sp³-hybridized carbons (Fsp3) is 0.462. The standard InChI is InChI=1S/C13H22N4O2S/c1-9-7-11(20(15,18)19)6-5-10(9)8-16-12(14)17-13(2,3)4/h5-7H,8H2,1-4H3,(H3,14,16,17)(H2,15,18,19). The number of hydrogen-bond donors (Lipinski definition) is 3. The van der Waals surface area contributed by atoms with E-state index >= 15 is 0 Å². The molecule has 0 saturated carbocycles. The second-order valence-electron chi connectivity index (χ2n) is 5.71. The van der Waals surface area contributed by atoms with E-state index in [1.165, 1.54) is 12.1 Å². The number of hydrogen-bond acceptors (Lipinski definition) is 3. The molecule has 6 nitrogen and oxygen atoms in total. The molecular formula is C13H22N4O2S. The predicted octanol–water partition coefficient (Wildman–Crippen LogP) is 0.845. The second-order valence-corrected chi connectivity index (χ2v) is 7.27. The van der Waals surface area contributed by atoms with Gasteiger partial charge in [-0.05, 0) is 51.0 Å². The normalized spacial score (nSPS) is 13.3. The van der Waals surface area contributed by atoms with Crippen molar-refractivity contribution in [2.75, 3.05) is 0 Å². The van der Waals surface area contributed by atoms with Gasteiger partial charge in [-0.3, -0.25) is 0 Å². The molecule has 0 fully saturated rings. The number of primary sulfonamides is 1. The first kappa shape index (κ1) is 16.5. The lowest BCUT2D eigenvalue weighted by atomic mass is 10.1. The third-order valence-corrected chi connectivity index (χ3v) is 3.48. The molecular weight excluding hydrogens is 276 g/mol. The largest absolute Gasteiger partial charge is 0.370 e.